The van der Waals surface area contributed by atoms with Gasteiger partial charge in [0.05, 0.1) is 23.4 Å². The summed E-state index contributed by atoms with van der Waals surface area (Å²) in [7, 11) is 3.13. The smallest absolute Gasteiger partial charge is 0.328 e. The van der Waals surface area contributed by atoms with E-state index in [-0.39, 0.29) is 46.8 Å². The van der Waals surface area contributed by atoms with Gasteiger partial charge in [-0.05, 0) is 38.1 Å². The molecule has 0 saturated carbocycles. The molecule has 11 heteroatoms. The number of rotatable bonds is 11. The average Bonchev–Trinajstić information content (AvgIpc) is 2.77. The summed E-state index contributed by atoms with van der Waals surface area (Å²) >= 11 is 12.6. The van der Waals surface area contributed by atoms with Crippen molar-refractivity contribution >= 4 is 65.6 Å². The average molecular weight is 541 g/mol. The maximum absolute atomic E-state index is 12.8. The van der Waals surface area contributed by atoms with E-state index in [1.807, 2.05) is 37.4 Å². The van der Waals surface area contributed by atoms with Gasteiger partial charge in [-0.25, -0.2) is 4.79 Å². The molecule has 1 atom stereocenters. The van der Waals surface area contributed by atoms with Crippen LogP contribution in [-0.4, -0.2) is 50.3 Å². The highest BCUT2D eigenvalue weighted by atomic mass is 35.5. The molecule has 0 aliphatic heterocycles. The van der Waals surface area contributed by atoms with Crippen molar-refractivity contribution in [2.45, 2.75) is 25.3 Å². The van der Waals surface area contributed by atoms with Gasteiger partial charge >= 0.3 is 5.97 Å². The zero-order chi connectivity index (χ0) is 22.8. The minimum Gasteiger partial charge on any atom is -0.505 e. The van der Waals surface area contributed by atoms with E-state index >= 15 is 0 Å². The van der Waals surface area contributed by atoms with Gasteiger partial charge in [-0.2, -0.15) is 0 Å². The number of carbonyl (C=O) groups excluding carboxylic acids is 2. The minimum atomic E-state index is -0.943. The number of amides is 1. The largest absolute Gasteiger partial charge is 0.505 e. The summed E-state index contributed by atoms with van der Waals surface area (Å²) < 4.78 is 4.81. The molecular weight excluding hydrogens is 512 g/mol. The van der Waals surface area contributed by atoms with Crippen LogP contribution in [0, 0.1) is 0 Å². The number of nitrogens with one attached hydrogen (secondary N) is 3. The van der Waals surface area contributed by atoms with Crippen molar-refractivity contribution in [3.8, 4) is 5.75 Å². The van der Waals surface area contributed by atoms with Crippen LogP contribution in [0.2, 0.25) is 10.0 Å². The Hall–Kier alpha value is -1.90. The van der Waals surface area contributed by atoms with Crippen LogP contribution < -0.4 is 16.0 Å². The highest BCUT2D eigenvalue weighted by Gasteiger charge is 2.26. The molecule has 0 saturated heterocycles. The van der Waals surface area contributed by atoms with Crippen molar-refractivity contribution in [2.24, 2.45) is 0 Å². The predicted molar refractivity (Wildman–Crippen MR) is 138 cm³/mol. The first-order valence-corrected chi connectivity index (χ1v) is 10.7. The number of aromatic hydroxyl groups is 1. The zero-order valence-electron chi connectivity index (χ0n) is 18.3. The molecule has 2 aromatic carbocycles. The first kappa shape index (κ1) is 31.1. The lowest BCUT2D eigenvalue weighted by molar-refractivity contribution is -0.142. The molecular formula is C22H29Cl4N3O4. The first-order chi connectivity index (χ1) is 14.9. The molecule has 0 heterocycles. The molecule has 33 heavy (non-hydrogen) atoms. The van der Waals surface area contributed by atoms with Crippen molar-refractivity contribution in [3.05, 3.63) is 57.6 Å². The lowest BCUT2D eigenvalue weighted by atomic mass is 10.0. The highest BCUT2D eigenvalue weighted by Crippen LogP contribution is 2.40. The third kappa shape index (κ3) is 9.10. The number of halogens is 4. The minimum absolute atomic E-state index is 0. The fourth-order valence-corrected chi connectivity index (χ4v) is 3.59. The maximum Gasteiger partial charge on any atom is 0.328 e. The van der Waals surface area contributed by atoms with Gasteiger partial charge in [0.1, 0.15) is 16.8 Å². The number of unbranched alkanes of at least 4 members (excludes halogenated alkanes) is 1. The lowest BCUT2D eigenvalue weighted by Crippen LogP contribution is -2.43. The van der Waals surface area contributed by atoms with Crippen LogP contribution in [0.15, 0.2) is 36.4 Å². The summed E-state index contributed by atoms with van der Waals surface area (Å²) in [4.78, 5) is 25.0. The SMILES string of the molecule is CNCCCCNc1c(Cl)cc(C(=O)N[C@@H](Cc2ccccc2)C(=O)OC)c(O)c1Cl.Cl.Cl. The van der Waals surface area contributed by atoms with Gasteiger partial charge in [0.15, 0.2) is 0 Å². The standard InChI is InChI=1S/C22H27Cl2N3O4.2ClH/c1-25-10-6-7-11-26-19-16(23)13-15(20(28)18(19)24)21(29)27-17(22(30)31-2)12-14-8-4-3-5-9-14;;/h3-5,8-9,13,17,25-26,28H,6-7,10-12H2,1-2H3,(H,27,29);2*1H/t17-;;/m0../s1. The number of esters is 1. The normalized spacial score (nSPS) is 10.9. The van der Waals surface area contributed by atoms with Crippen LogP contribution in [0.4, 0.5) is 5.69 Å². The van der Waals surface area contributed by atoms with Gasteiger partial charge in [0, 0.05) is 13.0 Å². The van der Waals surface area contributed by atoms with Crippen molar-refractivity contribution in [2.75, 3.05) is 32.6 Å². The van der Waals surface area contributed by atoms with Crippen molar-refractivity contribution in [3.63, 3.8) is 0 Å². The number of hydrogen-bond acceptors (Lipinski definition) is 6. The molecule has 0 unspecified atom stereocenters. The molecule has 0 radical (unpaired) electrons. The number of methoxy groups -OCH3 is 1. The third-order valence-corrected chi connectivity index (χ3v) is 5.33. The summed E-state index contributed by atoms with van der Waals surface area (Å²) in [6.07, 6.45) is 2.06. The molecule has 4 N–H and O–H groups in total. The van der Waals surface area contributed by atoms with E-state index in [0.29, 0.717) is 12.2 Å². The van der Waals surface area contributed by atoms with E-state index in [0.717, 1.165) is 24.9 Å². The van der Waals surface area contributed by atoms with Crippen LogP contribution in [-0.2, 0) is 16.0 Å². The van der Waals surface area contributed by atoms with Crippen LogP contribution in [0.5, 0.6) is 5.75 Å². The van der Waals surface area contributed by atoms with Gasteiger partial charge in [-0.3, -0.25) is 4.79 Å². The Balaban J connectivity index is 0.00000512. The van der Waals surface area contributed by atoms with E-state index < -0.39 is 23.7 Å². The Morgan fingerprint density at radius 2 is 1.73 bits per heavy atom. The molecule has 0 fully saturated rings. The number of anilines is 1. The third-order valence-electron chi connectivity index (χ3n) is 4.67. The number of carbonyl (C=O) groups is 2. The van der Waals surface area contributed by atoms with Gasteiger partial charge in [-0.15, -0.1) is 24.8 Å². The molecule has 2 rings (SSSR count). The fourth-order valence-electron chi connectivity index (χ4n) is 3.01. The Kier molecular flexibility index (Phi) is 14.9. The summed E-state index contributed by atoms with van der Waals surface area (Å²) in [6, 6.07) is 9.58. The summed E-state index contributed by atoms with van der Waals surface area (Å²) in [5.41, 5.74) is 1.07. The second-order valence-corrected chi connectivity index (χ2v) is 7.71. The van der Waals surface area contributed by atoms with E-state index in [4.69, 9.17) is 27.9 Å². The number of benzene rings is 2. The highest BCUT2D eigenvalue weighted by molar-refractivity contribution is 6.40. The monoisotopic (exact) mass is 539 g/mol. The number of phenols is 1. The van der Waals surface area contributed by atoms with Crippen molar-refractivity contribution < 1.29 is 19.4 Å². The zero-order valence-corrected chi connectivity index (χ0v) is 21.5. The molecule has 0 aliphatic carbocycles. The lowest BCUT2D eigenvalue weighted by Gasteiger charge is -2.18. The van der Waals surface area contributed by atoms with Crippen molar-refractivity contribution in [1.82, 2.24) is 10.6 Å². The predicted octanol–water partition coefficient (Wildman–Crippen LogP) is 4.47. The Morgan fingerprint density at radius 3 is 2.33 bits per heavy atom. The van der Waals surface area contributed by atoms with E-state index in [1.165, 1.54) is 13.2 Å². The van der Waals surface area contributed by atoms with Crippen LogP contribution in [0.1, 0.15) is 28.8 Å². The molecule has 0 bridgehead atoms. The molecule has 7 nitrogen and oxygen atoms in total. The molecule has 1 amide bonds. The Bertz CT molecular complexity index is 901. The van der Waals surface area contributed by atoms with Crippen LogP contribution in [0.3, 0.4) is 0 Å². The van der Waals surface area contributed by atoms with E-state index in [2.05, 4.69) is 16.0 Å². The van der Waals surface area contributed by atoms with Crippen molar-refractivity contribution in [1.29, 1.82) is 0 Å². The summed E-state index contributed by atoms with van der Waals surface area (Å²) in [5, 5.41) is 19.4. The van der Waals surface area contributed by atoms with Crippen LogP contribution in [0.25, 0.3) is 0 Å². The van der Waals surface area contributed by atoms with Gasteiger partial charge in [-0.1, -0.05) is 53.5 Å². The quantitative estimate of drug-likeness (QED) is 0.248. The summed E-state index contributed by atoms with van der Waals surface area (Å²) in [5.74, 6) is -1.70. The Morgan fingerprint density at radius 1 is 1.09 bits per heavy atom. The number of ether oxygens (including phenoxy) is 1. The molecule has 0 aromatic heterocycles. The molecule has 0 aliphatic rings. The number of hydrogen-bond donors (Lipinski definition) is 4. The number of phenolic OH excluding ortho intramolecular Hbond substituents is 1. The molecule has 0 spiro atoms. The fraction of sp³-hybridized carbons (Fsp3) is 0.364. The van der Waals surface area contributed by atoms with Gasteiger partial charge < -0.3 is 25.8 Å². The summed E-state index contributed by atoms with van der Waals surface area (Å²) in [6.45, 7) is 1.49. The molecule has 184 valence electrons. The van der Waals surface area contributed by atoms with E-state index in [9.17, 15) is 14.7 Å². The molecule has 2 aromatic rings. The van der Waals surface area contributed by atoms with Crippen LogP contribution >= 0.6 is 48.0 Å². The van der Waals surface area contributed by atoms with E-state index in [1.54, 1.807) is 0 Å². The topological polar surface area (TPSA) is 99.7 Å². The van der Waals surface area contributed by atoms with Gasteiger partial charge in [0.2, 0.25) is 0 Å². The first-order valence-electron chi connectivity index (χ1n) is 9.91. The second-order valence-electron chi connectivity index (χ2n) is 6.92. The maximum atomic E-state index is 12.8. The Labute approximate surface area is 216 Å². The second kappa shape index (κ2) is 15.9. The van der Waals surface area contributed by atoms with Gasteiger partial charge in [0.25, 0.3) is 5.91 Å².